The third kappa shape index (κ3) is 2.17. The Balaban J connectivity index is 2.52. The van der Waals surface area contributed by atoms with Crippen LogP contribution in [0.5, 0.6) is 0 Å². The predicted octanol–water partition coefficient (Wildman–Crippen LogP) is 1.42. The fraction of sp³-hybridized carbons (Fsp3) is 1.00. The van der Waals surface area contributed by atoms with E-state index in [1.54, 1.807) is 0 Å². The Kier molecular flexibility index (Phi) is 2.90. The molecule has 0 bridgehead atoms. The molecule has 0 amide bonds. The van der Waals surface area contributed by atoms with Crippen LogP contribution in [0.1, 0.15) is 45.4 Å². The fourth-order valence-electron chi connectivity index (χ4n) is 1.80. The Hall–Kier alpha value is -0.0800. The van der Waals surface area contributed by atoms with Gasteiger partial charge in [0.2, 0.25) is 0 Å². The molecular formula is C9H19NO. The molecule has 3 N–H and O–H groups in total. The van der Waals surface area contributed by atoms with Gasteiger partial charge in [-0.3, -0.25) is 0 Å². The highest BCUT2D eigenvalue weighted by Crippen LogP contribution is 2.28. The van der Waals surface area contributed by atoms with Crippen LogP contribution in [-0.4, -0.2) is 16.7 Å². The topological polar surface area (TPSA) is 46.2 Å². The van der Waals surface area contributed by atoms with Crippen molar-refractivity contribution in [2.75, 3.05) is 0 Å². The number of hydrogen-bond donors (Lipinski definition) is 2. The van der Waals surface area contributed by atoms with Crippen molar-refractivity contribution in [2.45, 2.75) is 57.1 Å². The minimum atomic E-state index is -0.559. The minimum absolute atomic E-state index is 0.0689. The zero-order valence-corrected chi connectivity index (χ0v) is 7.34. The van der Waals surface area contributed by atoms with E-state index in [2.05, 4.69) is 0 Å². The van der Waals surface area contributed by atoms with Gasteiger partial charge in [0.25, 0.3) is 0 Å². The molecule has 1 saturated carbocycles. The summed E-state index contributed by atoms with van der Waals surface area (Å²) in [6.45, 7) is 1.91. The van der Waals surface area contributed by atoms with Gasteiger partial charge in [-0.15, -0.1) is 0 Å². The highest BCUT2D eigenvalue weighted by molar-refractivity contribution is 4.87. The standard InChI is InChI=1S/C9H19NO/c1-8(10)9(11)6-4-2-3-5-7-9/h8,11H,2-7,10H2,1H3/t8-/m1/s1. The van der Waals surface area contributed by atoms with Crippen molar-refractivity contribution >= 4 is 0 Å². The summed E-state index contributed by atoms with van der Waals surface area (Å²) in [5.74, 6) is 0. The van der Waals surface area contributed by atoms with Crippen molar-refractivity contribution in [3.63, 3.8) is 0 Å². The summed E-state index contributed by atoms with van der Waals surface area (Å²) in [5.41, 5.74) is 5.16. The molecule has 1 aliphatic carbocycles. The number of hydrogen-bond acceptors (Lipinski definition) is 2. The van der Waals surface area contributed by atoms with Crippen LogP contribution in [0.15, 0.2) is 0 Å². The van der Waals surface area contributed by atoms with Crippen molar-refractivity contribution in [3.8, 4) is 0 Å². The Morgan fingerprint density at radius 1 is 1.18 bits per heavy atom. The molecule has 1 aliphatic rings. The summed E-state index contributed by atoms with van der Waals surface area (Å²) in [6, 6.07) is -0.0689. The highest BCUT2D eigenvalue weighted by atomic mass is 16.3. The zero-order valence-electron chi connectivity index (χ0n) is 7.34. The molecule has 1 rings (SSSR count). The predicted molar refractivity (Wildman–Crippen MR) is 46.3 cm³/mol. The van der Waals surface area contributed by atoms with Gasteiger partial charge >= 0.3 is 0 Å². The van der Waals surface area contributed by atoms with Crippen molar-refractivity contribution < 1.29 is 5.11 Å². The Morgan fingerprint density at radius 2 is 1.64 bits per heavy atom. The highest BCUT2D eigenvalue weighted by Gasteiger charge is 2.31. The molecule has 0 heterocycles. The maximum Gasteiger partial charge on any atom is 0.0795 e. The summed E-state index contributed by atoms with van der Waals surface area (Å²) in [5, 5.41) is 10.0. The maximum absolute atomic E-state index is 10.0. The van der Waals surface area contributed by atoms with Gasteiger partial charge in [-0.25, -0.2) is 0 Å². The van der Waals surface area contributed by atoms with E-state index in [9.17, 15) is 5.11 Å². The average Bonchev–Trinajstić information content (AvgIpc) is 2.15. The van der Waals surface area contributed by atoms with Gasteiger partial charge in [0, 0.05) is 6.04 Å². The van der Waals surface area contributed by atoms with Crippen LogP contribution in [0, 0.1) is 0 Å². The second kappa shape index (κ2) is 3.55. The van der Waals surface area contributed by atoms with Gasteiger partial charge in [-0.1, -0.05) is 25.7 Å². The van der Waals surface area contributed by atoms with Gasteiger partial charge in [0.1, 0.15) is 0 Å². The molecule has 0 aromatic rings. The fourth-order valence-corrected chi connectivity index (χ4v) is 1.80. The van der Waals surface area contributed by atoms with Gasteiger partial charge in [-0.2, -0.15) is 0 Å². The molecule has 1 atom stereocenters. The maximum atomic E-state index is 10.0. The van der Waals surface area contributed by atoms with E-state index in [0.717, 1.165) is 25.7 Å². The first-order chi connectivity index (χ1) is 5.15. The summed E-state index contributed by atoms with van der Waals surface area (Å²) in [6.07, 6.45) is 6.58. The quantitative estimate of drug-likeness (QED) is 0.565. The molecule has 0 aliphatic heterocycles. The molecule has 66 valence electrons. The smallest absolute Gasteiger partial charge is 0.0795 e. The second-order valence-corrected chi connectivity index (χ2v) is 3.81. The third-order valence-electron chi connectivity index (χ3n) is 2.82. The second-order valence-electron chi connectivity index (χ2n) is 3.81. The van der Waals surface area contributed by atoms with Crippen LogP contribution in [0.4, 0.5) is 0 Å². The Labute approximate surface area is 68.8 Å². The minimum Gasteiger partial charge on any atom is -0.388 e. The van der Waals surface area contributed by atoms with Gasteiger partial charge in [0.15, 0.2) is 0 Å². The summed E-state index contributed by atoms with van der Waals surface area (Å²) in [4.78, 5) is 0. The van der Waals surface area contributed by atoms with E-state index >= 15 is 0 Å². The average molecular weight is 157 g/mol. The van der Waals surface area contributed by atoms with Crippen LogP contribution in [0.3, 0.4) is 0 Å². The lowest BCUT2D eigenvalue weighted by Crippen LogP contribution is -2.45. The van der Waals surface area contributed by atoms with Crippen molar-refractivity contribution in [1.29, 1.82) is 0 Å². The van der Waals surface area contributed by atoms with E-state index in [4.69, 9.17) is 5.73 Å². The molecule has 0 saturated heterocycles. The monoisotopic (exact) mass is 157 g/mol. The molecule has 0 unspecified atom stereocenters. The summed E-state index contributed by atoms with van der Waals surface area (Å²) < 4.78 is 0. The SMILES string of the molecule is C[C@@H](N)C1(O)CCCCCC1. The zero-order chi connectivity index (χ0) is 8.32. The number of rotatable bonds is 1. The lowest BCUT2D eigenvalue weighted by Gasteiger charge is -2.30. The molecule has 0 spiro atoms. The molecule has 1 fully saturated rings. The largest absolute Gasteiger partial charge is 0.388 e. The normalized spacial score (nSPS) is 27.5. The van der Waals surface area contributed by atoms with E-state index < -0.39 is 5.60 Å². The van der Waals surface area contributed by atoms with Gasteiger partial charge in [-0.05, 0) is 19.8 Å². The number of nitrogens with two attached hydrogens (primary N) is 1. The van der Waals surface area contributed by atoms with Crippen LogP contribution < -0.4 is 5.73 Å². The Bertz CT molecular complexity index is 115. The van der Waals surface area contributed by atoms with E-state index in [0.29, 0.717) is 0 Å². The molecule has 0 aromatic carbocycles. The van der Waals surface area contributed by atoms with Crippen molar-refractivity contribution in [2.24, 2.45) is 5.73 Å². The van der Waals surface area contributed by atoms with Crippen molar-refractivity contribution in [3.05, 3.63) is 0 Å². The molecule has 0 radical (unpaired) electrons. The van der Waals surface area contributed by atoms with E-state index in [1.165, 1.54) is 12.8 Å². The Morgan fingerprint density at radius 3 is 2.00 bits per heavy atom. The number of aliphatic hydroxyl groups is 1. The lowest BCUT2D eigenvalue weighted by molar-refractivity contribution is 0.00496. The first-order valence-electron chi connectivity index (χ1n) is 4.63. The molecule has 2 nitrogen and oxygen atoms in total. The van der Waals surface area contributed by atoms with Crippen LogP contribution in [0.2, 0.25) is 0 Å². The summed E-state index contributed by atoms with van der Waals surface area (Å²) in [7, 11) is 0. The van der Waals surface area contributed by atoms with Crippen LogP contribution in [-0.2, 0) is 0 Å². The van der Waals surface area contributed by atoms with E-state index in [-0.39, 0.29) is 6.04 Å². The third-order valence-corrected chi connectivity index (χ3v) is 2.82. The van der Waals surface area contributed by atoms with Crippen LogP contribution >= 0.6 is 0 Å². The first-order valence-corrected chi connectivity index (χ1v) is 4.63. The molecule has 0 aromatic heterocycles. The van der Waals surface area contributed by atoms with Crippen molar-refractivity contribution in [1.82, 2.24) is 0 Å². The van der Waals surface area contributed by atoms with Crippen LogP contribution in [0.25, 0.3) is 0 Å². The molecular weight excluding hydrogens is 138 g/mol. The summed E-state index contributed by atoms with van der Waals surface area (Å²) >= 11 is 0. The van der Waals surface area contributed by atoms with E-state index in [1.807, 2.05) is 6.92 Å². The van der Waals surface area contributed by atoms with Gasteiger partial charge < -0.3 is 10.8 Å². The van der Waals surface area contributed by atoms with Gasteiger partial charge in [0.05, 0.1) is 5.60 Å². The molecule has 11 heavy (non-hydrogen) atoms. The lowest BCUT2D eigenvalue weighted by atomic mass is 9.88. The molecule has 2 heteroatoms. The first kappa shape index (κ1) is 9.01.